The standard InChI is InChI=1S/C53H66N6O14/c1-6-35-21-39-29-54-44-27-48(46(66-4)25-42(44)52(63)58(39)31-35)72-33-37-23-41(71-14-12-57(11-8-9-51(61)62)50(60)10-13-68-17-18-70-20-19-69-16-15-65-3)24-38(56-37)34-73-49-28-45-43(26-47(49)67-5)53(64)59-32-36(7-2)22-40(59)30-55-45/h6-7,23-30,39-40H,8-22,31-34H2,1-5H3,(H,61,62)/t39-,40-/m0/s1. The number of hydrogen-bond donors (Lipinski definition) is 1. The van der Waals surface area contributed by atoms with Crippen LogP contribution in [-0.2, 0) is 41.8 Å². The van der Waals surface area contributed by atoms with Gasteiger partial charge in [0.25, 0.3) is 11.8 Å². The second-order valence-corrected chi connectivity index (χ2v) is 17.6. The van der Waals surface area contributed by atoms with Gasteiger partial charge < -0.3 is 62.4 Å². The van der Waals surface area contributed by atoms with Gasteiger partial charge in [-0.05, 0) is 45.2 Å². The van der Waals surface area contributed by atoms with Crippen LogP contribution in [0.3, 0.4) is 0 Å². The van der Waals surface area contributed by atoms with Crippen molar-refractivity contribution >= 4 is 47.5 Å². The number of rotatable bonds is 28. The number of methoxy groups -OCH3 is 3. The number of hydrogen-bond acceptors (Lipinski definition) is 16. The van der Waals surface area contributed by atoms with Crippen LogP contribution < -0.4 is 23.7 Å². The first-order chi connectivity index (χ1) is 35.5. The maximum atomic E-state index is 13.7. The van der Waals surface area contributed by atoms with Crippen LogP contribution in [0, 0.1) is 0 Å². The van der Waals surface area contributed by atoms with E-state index in [1.165, 1.54) is 25.4 Å². The van der Waals surface area contributed by atoms with E-state index in [4.69, 9.17) is 57.6 Å². The minimum atomic E-state index is -0.959. The van der Waals surface area contributed by atoms with Crippen molar-refractivity contribution in [2.45, 2.75) is 71.2 Å². The summed E-state index contributed by atoms with van der Waals surface area (Å²) < 4.78 is 52.0. The van der Waals surface area contributed by atoms with Crippen LogP contribution in [0.2, 0.25) is 0 Å². The molecular formula is C53H66N6O14. The molecule has 1 aromatic heterocycles. The van der Waals surface area contributed by atoms with Crippen LogP contribution >= 0.6 is 0 Å². The molecule has 0 radical (unpaired) electrons. The molecule has 0 bridgehead atoms. The Kier molecular flexibility index (Phi) is 19.7. The van der Waals surface area contributed by atoms with Crippen molar-refractivity contribution in [3.63, 3.8) is 0 Å². The number of amides is 3. The summed E-state index contributed by atoms with van der Waals surface area (Å²) in [5.41, 5.74) is 4.98. The third-order valence-electron chi connectivity index (χ3n) is 12.7. The highest BCUT2D eigenvalue weighted by Crippen LogP contribution is 2.41. The molecule has 0 unspecified atom stereocenters. The number of aliphatic imine (C=N–C) groups is 2. The van der Waals surface area contributed by atoms with Gasteiger partial charge in [-0.25, -0.2) is 0 Å². The number of carbonyl (C=O) groups is 4. The van der Waals surface area contributed by atoms with Gasteiger partial charge in [0.1, 0.15) is 25.6 Å². The smallest absolute Gasteiger partial charge is 0.303 e. The van der Waals surface area contributed by atoms with E-state index in [-0.39, 0.29) is 88.6 Å². The fraction of sp³-hybridized carbons (Fsp3) is 0.491. The van der Waals surface area contributed by atoms with Gasteiger partial charge in [0, 0.05) is 69.9 Å². The summed E-state index contributed by atoms with van der Waals surface area (Å²) in [4.78, 5) is 71.8. The second kappa shape index (κ2) is 26.7. The topological polar surface area (TPSA) is 219 Å². The highest BCUT2D eigenvalue weighted by atomic mass is 16.6. The zero-order valence-corrected chi connectivity index (χ0v) is 42.3. The van der Waals surface area contributed by atoms with Gasteiger partial charge in [0.2, 0.25) is 5.91 Å². The molecule has 1 N–H and O–H groups in total. The molecule has 7 rings (SSSR count). The lowest BCUT2D eigenvalue weighted by atomic mass is 10.1. The summed E-state index contributed by atoms with van der Waals surface area (Å²) in [5, 5.41) is 9.33. The molecule has 20 nitrogen and oxygen atoms in total. The summed E-state index contributed by atoms with van der Waals surface area (Å²) in [6.07, 6.45) is 9.34. The number of carboxylic acid groups (broad SMARTS) is 1. The predicted molar refractivity (Wildman–Crippen MR) is 269 cm³/mol. The van der Waals surface area contributed by atoms with Gasteiger partial charge in [0.05, 0.1) is 119 Å². The Morgan fingerprint density at radius 3 is 1.63 bits per heavy atom. The van der Waals surface area contributed by atoms with E-state index in [1.807, 2.05) is 35.8 Å². The molecule has 4 aliphatic heterocycles. The Morgan fingerprint density at radius 2 is 1.15 bits per heavy atom. The number of ether oxygens (including phenoxy) is 9. The molecule has 0 spiro atoms. The van der Waals surface area contributed by atoms with Crippen LogP contribution in [0.25, 0.3) is 0 Å². The van der Waals surface area contributed by atoms with Crippen LogP contribution in [0.5, 0.6) is 28.7 Å². The van der Waals surface area contributed by atoms with Gasteiger partial charge >= 0.3 is 5.97 Å². The van der Waals surface area contributed by atoms with Crippen molar-refractivity contribution in [3.05, 3.63) is 82.2 Å². The third kappa shape index (κ3) is 14.4. The Morgan fingerprint density at radius 1 is 0.644 bits per heavy atom. The molecule has 3 aromatic rings. The highest BCUT2D eigenvalue weighted by molar-refractivity contribution is 6.05. The third-order valence-corrected chi connectivity index (χ3v) is 12.7. The van der Waals surface area contributed by atoms with Gasteiger partial charge in [0.15, 0.2) is 23.0 Å². The van der Waals surface area contributed by atoms with E-state index in [2.05, 4.69) is 0 Å². The van der Waals surface area contributed by atoms with E-state index in [9.17, 15) is 24.3 Å². The lowest BCUT2D eigenvalue weighted by molar-refractivity contribution is -0.138. The minimum Gasteiger partial charge on any atom is -0.493 e. The van der Waals surface area contributed by atoms with E-state index >= 15 is 0 Å². The molecule has 2 atom stereocenters. The summed E-state index contributed by atoms with van der Waals surface area (Å²) in [7, 11) is 4.61. The highest BCUT2D eigenvalue weighted by Gasteiger charge is 2.36. The number of benzene rings is 2. The van der Waals surface area contributed by atoms with Gasteiger partial charge in [-0.15, -0.1) is 0 Å². The number of aromatic nitrogens is 1. The second-order valence-electron chi connectivity index (χ2n) is 17.6. The molecule has 73 heavy (non-hydrogen) atoms. The number of fused-ring (bicyclic) bond motifs is 4. The van der Waals surface area contributed by atoms with Crippen molar-refractivity contribution in [2.24, 2.45) is 9.98 Å². The Hall–Kier alpha value is -6.87. The van der Waals surface area contributed by atoms with E-state index in [0.29, 0.717) is 115 Å². The van der Waals surface area contributed by atoms with Crippen molar-refractivity contribution < 1.29 is 66.9 Å². The molecule has 4 aliphatic rings. The normalized spacial score (nSPS) is 17.8. The van der Waals surface area contributed by atoms with E-state index in [0.717, 1.165) is 12.8 Å². The first-order valence-electron chi connectivity index (χ1n) is 24.5. The van der Waals surface area contributed by atoms with Gasteiger partial charge in [-0.1, -0.05) is 23.3 Å². The minimum absolute atomic E-state index is 0.0566. The SMILES string of the molecule is CC=C1C[C@H]2C=Nc3cc(OCc4cc(OCCN(CCCC(=O)O)C(=O)CCOCCOCCOCCOC)cc(COc5cc6c(cc5OC)C(=O)N5CC(=CC)C[C@H]5C=N6)n4)c(OC)cc3C(=O)N2C1. The summed E-state index contributed by atoms with van der Waals surface area (Å²) >= 11 is 0. The molecule has 5 heterocycles. The Labute approximate surface area is 425 Å². The quantitative estimate of drug-likeness (QED) is 0.0635. The van der Waals surface area contributed by atoms with Gasteiger partial charge in [-0.3, -0.25) is 34.1 Å². The van der Waals surface area contributed by atoms with E-state index in [1.54, 1.807) is 60.8 Å². The zero-order chi connectivity index (χ0) is 51.7. The van der Waals surface area contributed by atoms with Gasteiger partial charge in [-0.2, -0.15) is 0 Å². The Balaban J connectivity index is 1.06. The van der Waals surface area contributed by atoms with Crippen LogP contribution in [-0.4, -0.2) is 173 Å². The van der Waals surface area contributed by atoms with Crippen molar-refractivity contribution in [1.29, 1.82) is 0 Å². The molecule has 392 valence electrons. The number of carbonyl (C=O) groups excluding carboxylic acids is 3. The van der Waals surface area contributed by atoms with Crippen molar-refractivity contribution in [3.8, 4) is 28.7 Å². The fourth-order valence-electron chi connectivity index (χ4n) is 8.74. The maximum Gasteiger partial charge on any atom is 0.303 e. The monoisotopic (exact) mass is 1010 g/mol. The number of nitrogens with zero attached hydrogens (tertiary/aromatic N) is 6. The first-order valence-corrected chi connectivity index (χ1v) is 24.5. The Bertz CT molecular complexity index is 2430. The number of carboxylic acids is 1. The molecule has 2 fully saturated rings. The lowest BCUT2D eigenvalue weighted by Crippen LogP contribution is -2.36. The number of aliphatic carboxylic acids is 1. The fourth-order valence-corrected chi connectivity index (χ4v) is 8.74. The zero-order valence-electron chi connectivity index (χ0n) is 42.3. The average molecular weight is 1010 g/mol. The summed E-state index contributed by atoms with van der Waals surface area (Å²) in [6, 6.07) is 9.78. The first kappa shape index (κ1) is 53.9. The largest absolute Gasteiger partial charge is 0.493 e. The van der Waals surface area contributed by atoms with E-state index < -0.39 is 5.97 Å². The molecule has 3 amide bonds. The summed E-state index contributed by atoms with van der Waals surface area (Å²) in [5.74, 6) is 0.303. The average Bonchev–Trinajstić information content (AvgIpc) is 3.97. The lowest BCUT2D eigenvalue weighted by Gasteiger charge is -2.23. The number of pyridine rings is 1. The molecule has 20 heteroatoms. The van der Waals surface area contributed by atoms with Crippen molar-refractivity contribution in [1.82, 2.24) is 19.7 Å². The predicted octanol–water partition coefficient (Wildman–Crippen LogP) is 6.17. The molecule has 2 saturated heterocycles. The maximum absolute atomic E-state index is 13.7. The van der Waals surface area contributed by atoms with Crippen LogP contribution in [0.15, 0.2) is 69.7 Å². The summed E-state index contributed by atoms with van der Waals surface area (Å²) in [6.45, 7) is 7.92. The molecular weight excluding hydrogens is 945 g/mol. The number of allylic oxidation sites excluding steroid dienone is 2. The van der Waals surface area contributed by atoms with Crippen molar-refractivity contribution in [2.75, 3.05) is 100 Å². The van der Waals surface area contributed by atoms with Crippen LogP contribution in [0.4, 0.5) is 11.4 Å². The molecule has 2 aromatic carbocycles. The molecule has 0 saturated carbocycles. The molecule has 0 aliphatic carbocycles. The van der Waals surface area contributed by atoms with Crippen LogP contribution in [0.1, 0.15) is 78.1 Å².